The minimum absolute atomic E-state index is 0.0993. The smallest absolute Gasteiger partial charge is 0.295 e. The molecule has 1 heterocycles. The Hall–Kier alpha value is -1.50. The van der Waals surface area contributed by atoms with Crippen LogP contribution >= 0.6 is 11.9 Å². The SMILES string of the molecule is CSN(C)C(=O)ON=C(C(C)C)n1cccn1. The van der Waals surface area contributed by atoms with Gasteiger partial charge in [-0.2, -0.15) is 5.10 Å². The van der Waals surface area contributed by atoms with Crippen molar-refractivity contribution in [3.8, 4) is 0 Å². The van der Waals surface area contributed by atoms with Gasteiger partial charge in [-0.15, -0.1) is 0 Å². The Kier molecular flexibility index (Phi) is 5.02. The molecule has 0 atom stereocenters. The van der Waals surface area contributed by atoms with Crippen LogP contribution in [-0.4, -0.2) is 39.3 Å². The first kappa shape index (κ1) is 13.6. The highest BCUT2D eigenvalue weighted by atomic mass is 32.2. The molecule has 6 nitrogen and oxygen atoms in total. The summed E-state index contributed by atoms with van der Waals surface area (Å²) in [5.41, 5.74) is 0. The highest BCUT2D eigenvalue weighted by Crippen LogP contribution is 2.06. The van der Waals surface area contributed by atoms with Crippen LogP contribution in [0.1, 0.15) is 13.8 Å². The van der Waals surface area contributed by atoms with Gasteiger partial charge >= 0.3 is 6.09 Å². The summed E-state index contributed by atoms with van der Waals surface area (Å²) in [6.45, 7) is 3.90. The predicted octanol–water partition coefficient (Wildman–Crippen LogP) is 2.05. The van der Waals surface area contributed by atoms with Crippen molar-refractivity contribution >= 4 is 23.9 Å². The molecule has 1 aromatic rings. The molecular weight excluding hydrogens is 240 g/mol. The van der Waals surface area contributed by atoms with Crippen molar-refractivity contribution < 1.29 is 9.63 Å². The van der Waals surface area contributed by atoms with E-state index in [1.54, 1.807) is 36.4 Å². The molecule has 94 valence electrons. The largest absolute Gasteiger partial charge is 0.445 e. The zero-order valence-corrected chi connectivity index (χ0v) is 11.1. The topological polar surface area (TPSA) is 59.7 Å². The van der Waals surface area contributed by atoms with Crippen molar-refractivity contribution in [1.82, 2.24) is 14.1 Å². The number of rotatable bonds is 3. The van der Waals surface area contributed by atoms with Crippen LogP contribution in [0.5, 0.6) is 0 Å². The quantitative estimate of drug-likeness (QED) is 0.273. The molecule has 17 heavy (non-hydrogen) atoms. The van der Waals surface area contributed by atoms with Crippen LogP contribution < -0.4 is 0 Å². The van der Waals surface area contributed by atoms with Gasteiger partial charge in [0.05, 0.1) is 0 Å². The molecule has 1 rings (SSSR count). The monoisotopic (exact) mass is 256 g/mol. The average molecular weight is 256 g/mol. The summed E-state index contributed by atoms with van der Waals surface area (Å²) in [6, 6.07) is 1.79. The molecule has 0 bridgehead atoms. The number of aromatic nitrogens is 2. The summed E-state index contributed by atoms with van der Waals surface area (Å²) in [5.74, 6) is 0.681. The fourth-order valence-corrected chi connectivity index (χ4v) is 1.22. The first-order valence-corrected chi connectivity index (χ1v) is 6.31. The van der Waals surface area contributed by atoms with E-state index in [1.807, 2.05) is 13.8 Å². The summed E-state index contributed by atoms with van der Waals surface area (Å²) in [6.07, 6.45) is 4.67. The van der Waals surface area contributed by atoms with Gasteiger partial charge in [0.25, 0.3) is 0 Å². The minimum atomic E-state index is -0.511. The van der Waals surface area contributed by atoms with Crippen LogP contribution in [0.25, 0.3) is 0 Å². The minimum Gasteiger partial charge on any atom is -0.295 e. The molecule has 1 aromatic heterocycles. The van der Waals surface area contributed by atoms with E-state index in [2.05, 4.69) is 10.3 Å². The number of carbonyl (C=O) groups is 1. The number of amides is 1. The maximum absolute atomic E-state index is 11.4. The average Bonchev–Trinajstić information content (AvgIpc) is 2.81. The third-order valence-electron chi connectivity index (χ3n) is 2.00. The van der Waals surface area contributed by atoms with Gasteiger partial charge in [0.1, 0.15) is 0 Å². The maximum Gasteiger partial charge on any atom is 0.445 e. The second-order valence-electron chi connectivity index (χ2n) is 3.59. The van der Waals surface area contributed by atoms with Crippen molar-refractivity contribution in [2.45, 2.75) is 13.8 Å². The Morgan fingerprint density at radius 1 is 1.59 bits per heavy atom. The van der Waals surface area contributed by atoms with Crippen LogP contribution in [0.15, 0.2) is 23.6 Å². The molecule has 0 saturated heterocycles. The van der Waals surface area contributed by atoms with Gasteiger partial charge in [0.15, 0.2) is 5.84 Å². The van der Waals surface area contributed by atoms with Crippen LogP contribution in [0, 0.1) is 5.92 Å². The Labute approximate surface area is 105 Å². The van der Waals surface area contributed by atoms with Crippen LogP contribution in [0.3, 0.4) is 0 Å². The lowest BCUT2D eigenvalue weighted by Crippen LogP contribution is -2.23. The lowest BCUT2D eigenvalue weighted by atomic mass is 10.2. The zero-order chi connectivity index (χ0) is 12.8. The van der Waals surface area contributed by atoms with Gasteiger partial charge in [-0.1, -0.05) is 19.0 Å². The second kappa shape index (κ2) is 6.29. The fourth-order valence-electron chi connectivity index (χ4n) is 1.03. The number of hydrogen-bond acceptors (Lipinski definition) is 5. The molecule has 1 amide bonds. The highest BCUT2D eigenvalue weighted by Gasteiger charge is 2.13. The van der Waals surface area contributed by atoms with Gasteiger partial charge in [-0.3, -0.25) is 9.14 Å². The molecule has 0 saturated carbocycles. The van der Waals surface area contributed by atoms with E-state index in [9.17, 15) is 4.79 Å². The zero-order valence-electron chi connectivity index (χ0n) is 10.3. The Balaban J connectivity index is 2.76. The summed E-state index contributed by atoms with van der Waals surface area (Å²) in [4.78, 5) is 16.3. The van der Waals surface area contributed by atoms with Crippen molar-refractivity contribution in [2.75, 3.05) is 13.3 Å². The number of carbonyl (C=O) groups excluding carboxylic acids is 1. The molecule has 7 heteroatoms. The molecule has 0 aliphatic carbocycles. The van der Waals surface area contributed by atoms with Gasteiger partial charge in [0.2, 0.25) is 0 Å². The van der Waals surface area contributed by atoms with E-state index in [1.165, 1.54) is 16.3 Å². The number of oxime groups is 1. The summed E-state index contributed by atoms with van der Waals surface area (Å²) < 4.78 is 2.93. The van der Waals surface area contributed by atoms with E-state index in [-0.39, 0.29) is 5.92 Å². The molecular formula is C10H16N4O2S. The van der Waals surface area contributed by atoms with Crippen LogP contribution in [0.2, 0.25) is 0 Å². The predicted molar refractivity (Wildman–Crippen MR) is 67.7 cm³/mol. The van der Waals surface area contributed by atoms with E-state index >= 15 is 0 Å². The highest BCUT2D eigenvalue weighted by molar-refractivity contribution is 7.96. The van der Waals surface area contributed by atoms with E-state index in [0.717, 1.165) is 0 Å². The Morgan fingerprint density at radius 3 is 2.76 bits per heavy atom. The van der Waals surface area contributed by atoms with Gasteiger partial charge in [-0.05, 0) is 18.0 Å². The standard InChI is InChI=1S/C10H16N4O2S/c1-8(2)9(14-7-5-6-11-14)12-16-10(15)13(3)17-4/h5-8H,1-4H3. The molecule has 0 unspecified atom stereocenters. The normalized spacial score (nSPS) is 11.7. The van der Waals surface area contributed by atoms with Crippen molar-refractivity contribution in [2.24, 2.45) is 11.1 Å². The third-order valence-corrected chi connectivity index (χ3v) is 2.70. The molecule has 0 fully saturated rings. The van der Waals surface area contributed by atoms with Crippen LogP contribution in [0.4, 0.5) is 4.79 Å². The lowest BCUT2D eigenvalue weighted by molar-refractivity contribution is 0.136. The second-order valence-corrected chi connectivity index (χ2v) is 4.50. The number of nitrogens with zero attached hydrogens (tertiary/aromatic N) is 4. The summed E-state index contributed by atoms with van der Waals surface area (Å²) in [5, 5.41) is 7.90. The molecule has 0 radical (unpaired) electrons. The molecule has 0 aromatic carbocycles. The summed E-state index contributed by atoms with van der Waals surface area (Å²) >= 11 is 1.26. The van der Waals surface area contributed by atoms with E-state index in [0.29, 0.717) is 5.84 Å². The number of hydrogen-bond donors (Lipinski definition) is 0. The van der Waals surface area contributed by atoms with Gasteiger partial charge in [-0.25, -0.2) is 9.48 Å². The molecule has 0 N–H and O–H groups in total. The fraction of sp³-hybridized carbons (Fsp3) is 0.500. The third kappa shape index (κ3) is 3.77. The first-order chi connectivity index (χ1) is 8.06. The van der Waals surface area contributed by atoms with Crippen molar-refractivity contribution in [1.29, 1.82) is 0 Å². The molecule has 0 aliphatic heterocycles. The Bertz CT molecular complexity index is 389. The Morgan fingerprint density at radius 2 is 2.29 bits per heavy atom. The maximum atomic E-state index is 11.4. The van der Waals surface area contributed by atoms with Gasteiger partial charge in [0, 0.05) is 31.6 Å². The summed E-state index contributed by atoms with van der Waals surface area (Å²) in [7, 11) is 1.62. The van der Waals surface area contributed by atoms with Crippen molar-refractivity contribution in [3.63, 3.8) is 0 Å². The lowest BCUT2D eigenvalue weighted by Gasteiger charge is -2.12. The van der Waals surface area contributed by atoms with Gasteiger partial charge < -0.3 is 0 Å². The van der Waals surface area contributed by atoms with E-state index in [4.69, 9.17) is 4.84 Å². The first-order valence-electron chi connectivity index (χ1n) is 5.13. The van der Waals surface area contributed by atoms with E-state index < -0.39 is 6.09 Å². The van der Waals surface area contributed by atoms with Crippen molar-refractivity contribution in [3.05, 3.63) is 18.5 Å². The van der Waals surface area contributed by atoms with Crippen LogP contribution in [-0.2, 0) is 4.84 Å². The molecule has 0 aliphatic rings. The molecule has 0 spiro atoms.